The van der Waals surface area contributed by atoms with Crippen LogP contribution in [0, 0.1) is 18.3 Å². The van der Waals surface area contributed by atoms with Crippen LogP contribution in [0.5, 0.6) is 0 Å². The van der Waals surface area contributed by atoms with Gasteiger partial charge in [-0.2, -0.15) is 0 Å². The maximum absolute atomic E-state index is 11.4. The molecule has 0 aromatic carbocycles. The maximum atomic E-state index is 11.4. The molecule has 1 fully saturated rings. The normalized spacial score (nSPS) is 28.3. The molecule has 0 amide bonds. The minimum Gasteiger partial charge on any atom is -0.379 e. The molecule has 0 bridgehead atoms. The molecule has 66 valence electrons. The summed E-state index contributed by atoms with van der Waals surface area (Å²) in [5, 5.41) is 0. The van der Waals surface area contributed by atoms with Gasteiger partial charge < -0.3 is 10.5 Å². The first-order valence-corrected chi connectivity index (χ1v) is 4.05. The number of ether oxygens (including phenoxy) is 1. The molecule has 0 spiro atoms. The van der Waals surface area contributed by atoms with Gasteiger partial charge >= 0.3 is 0 Å². The average molecular weight is 167 g/mol. The zero-order valence-electron chi connectivity index (χ0n) is 6.95. The van der Waals surface area contributed by atoms with Crippen LogP contribution in [0.4, 0.5) is 0 Å². The van der Waals surface area contributed by atoms with Crippen molar-refractivity contribution in [1.29, 1.82) is 0 Å². The molecule has 12 heavy (non-hydrogen) atoms. The van der Waals surface area contributed by atoms with Crippen LogP contribution in [0.25, 0.3) is 0 Å². The number of terminal acetylenes is 1. The molecule has 1 aliphatic rings. The van der Waals surface area contributed by atoms with E-state index in [-0.39, 0.29) is 17.7 Å². The number of Topliss-reactive ketones (excluding diaryl/α,β-unsaturated/α-hetero) is 1. The predicted octanol–water partition coefficient (Wildman–Crippen LogP) is -0.0574. The van der Waals surface area contributed by atoms with E-state index in [9.17, 15) is 4.79 Å². The minimum atomic E-state index is -0.129. The quantitative estimate of drug-likeness (QED) is 0.599. The third-order valence-electron chi connectivity index (χ3n) is 2.05. The van der Waals surface area contributed by atoms with E-state index < -0.39 is 0 Å². The number of ketones is 1. The van der Waals surface area contributed by atoms with Gasteiger partial charge in [0.25, 0.3) is 0 Å². The third kappa shape index (κ3) is 2.07. The van der Waals surface area contributed by atoms with E-state index in [1.54, 1.807) is 0 Å². The summed E-state index contributed by atoms with van der Waals surface area (Å²) in [6.07, 6.45) is 5.98. The van der Waals surface area contributed by atoms with Crippen molar-refractivity contribution in [3.63, 3.8) is 0 Å². The third-order valence-corrected chi connectivity index (χ3v) is 2.05. The Hall–Kier alpha value is -0.850. The number of carbonyl (C=O) groups excluding carboxylic acids is 1. The van der Waals surface area contributed by atoms with Crippen molar-refractivity contribution in [2.45, 2.75) is 18.9 Å². The molecule has 2 atom stereocenters. The highest BCUT2D eigenvalue weighted by Crippen LogP contribution is 2.14. The van der Waals surface area contributed by atoms with E-state index in [2.05, 4.69) is 5.92 Å². The largest absolute Gasteiger partial charge is 0.379 e. The standard InChI is InChI=1S/C9H13NO2/c1-2-3-4-9(11)7-5-12-6-8(7)10/h1,7-8H,3-6,10H2. The molecule has 0 aromatic rings. The lowest BCUT2D eigenvalue weighted by molar-refractivity contribution is -0.123. The molecule has 0 aliphatic carbocycles. The van der Waals surface area contributed by atoms with E-state index in [4.69, 9.17) is 16.9 Å². The zero-order chi connectivity index (χ0) is 8.97. The highest BCUT2D eigenvalue weighted by molar-refractivity contribution is 5.82. The molecule has 2 unspecified atom stereocenters. The van der Waals surface area contributed by atoms with Gasteiger partial charge in [0.15, 0.2) is 0 Å². The van der Waals surface area contributed by atoms with Gasteiger partial charge in [-0.1, -0.05) is 0 Å². The number of nitrogens with two attached hydrogens (primary N) is 1. The Morgan fingerprint density at radius 1 is 1.67 bits per heavy atom. The van der Waals surface area contributed by atoms with Gasteiger partial charge in [0.1, 0.15) is 5.78 Å². The fourth-order valence-corrected chi connectivity index (χ4v) is 1.28. The fraction of sp³-hybridized carbons (Fsp3) is 0.667. The van der Waals surface area contributed by atoms with E-state index in [1.807, 2.05) is 0 Å². The van der Waals surface area contributed by atoms with Crippen molar-refractivity contribution in [2.24, 2.45) is 11.7 Å². The molecule has 2 N–H and O–H groups in total. The summed E-state index contributed by atoms with van der Waals surface area (Å²) in [5.74, 6) is 2.44. The highest BCUT2D eigenvalue weighted by Gasteiger charge is 2.30. The van der Waals surface area contributed by atoms with Crippen molar-refractivity contribution in [2.75, 3.05) is 13.2 Å². The van der Waals surface area contributed by atoms with Crippen molar-refractivity contribution in [1.82, 2.24) is 0 Å². The zero-order valence-corrected chi connectivity index (χ0v) is 6.95. The summed E-state index contributed by atoms with van der Waals surface area (Å²) in [4.78, 5) is 11.4. The number of rotatable bonds is 3. The second-order valence-corrected chi connectivity index (χ2v) is 2.98. The van der Waals surface area contributed by atoms with E-state index in [1.165, 1.54) is 0 Å². The Balaban J connectivity index is 2.37. The van der Waals surface area contributed by atoms with Crippen LogP contribution in [0.3, 0.4) is 0 Å². The summed E-state index contributed by atoms with van der Waals surface area (Å²) in [6, 6.07) is -0.129. The van der Waals surface area contributed by atoms with Crippen molar-refractivity contribution >= 4 is 5.78 Å². The van der Waals surface area contributed by atoms with Crippen LogP contribution in [-0.2, 0) is 9.53 Å². The average Bonchev–Trinajstić information content (AvgIpc) is 2.47. The first-order valence-electron chi connectivity index (χ1n) is 4.05. The molecular weight excluding hydrogens is 154 g/mol. The van der Waals surface area contributed by atoms with E-state index in [0.717, 1.165) is 0 Å². The van der Waals surface area contributed by atoms with Crippen LogP contribution >= 0.6 is 0 Å². The van der Waals surface area contributed by atoms with Gasteiger partial charge in [-0.05, 0) is 0 Å². The summed E-state index contributed by atoms with van der Waals surface area (Å²) in [6.45, 7) is 0.955. The SMILES string of the molecule is C#CCCC(=O)C1COCC1N. The van der Waals surface area contributed by atoms with Gasteiger partial charge in [-0.3, -0.25) is 4.79 Å². The van der Waals surface area contributed by atoms with E-state index >= 15 is 0 Å². The van der Waals surface area contributed by atoms with Crippen LogP contribution in [-0.4, -0.2) is 25.0 Å². The predicted molar refractivity (Wildman–Crippen MR) is 45.4 cm³/mol. The first-order chi connectivity index (χ1) is 5.75. The van der Waals surface area contributed by atoms with Crippen molar-refractivity contribution < 1.29 is 9.53 Å². The summed E-state index contributed by atoms with van der Waals surface area (Å²) < 4.78 is 5.07. The molecule has 3 nitrogen and oxygen atoms in total. The summed E-state index contributed by atoms with van der Waals surface area (Å²) in [5.41, 5.74) is 5.65. The molecule has 0 radical (unpaired) electrons. The first kappa shape index (κ1) is 9.24. The molecule has 1 aliphatic heterocycles. The Morgan fingerprint density at radius 3 is 2.92 bits per heavy atom. The topological polar surface area (TPSA) is 52.3 Å². The van der Waals surface area contributed by atoms with Crippen LogP contribution in [0.1, 0.15) is 12.8 Å². The lowest BCUT2D eigenvalue weighted by atomic mass is 9.96. The molecule has 1 saturated heterocycles. The van der Waals surface area contributed by atoms with E-state index in [0.29, 0.717) is 26.1 Å². The maximum Gasteiger partial charge on any atom is 0.140 e. The molecule has 0 aromatic heterocycles. The van der Waals surface area contributed by atoms with Gasteiger partial charge in [-0.15, -0.1) is 12.3 Å². The van der Waals surface area contributed by atoms with Gasteiger partial charge in [0.2, 0.25) is 0 Å². The number of hydrogen-bond acceptors (Lipinski definition) is 3. The Bertz CT molecular complexity index is 207. The van der Waals surface area contributed by atoms with Gasteiger partial charge in [-0.25, -0.2) is 0 Å². The van der Waals surface area contributed by atoms with Crippen LogP contribution in [0.15, 0.2) is 0 Å². The second-order valence-electron chi connectivity index (χ2n) is 2.98. The lowest BCUT2D eigenvalue weighted by Gasteiger charge is -2.09. The van der Waals surface area contributed by atoms with Crippen molar-refractivity contribution in [3.8, 4) is 12.3 Å². The Kier molecular flexibility index (Phi) is 3.27. The van der Waals surface area contributed by atoms with Crippen LogP contribution in [0.2, 0.25) is 0 Å². The summed E-state index contributed by atoms with van der Waals surface area (Å²) >= 11 is 0. The lowest BCUT2D eigenvalue weighted by Crippen LogP contribution is -2.33. The number of carbonyl (C=O) groups is 1. The van der Waals surface area contributed by atoms with Crippen molar-refractivity contribution in [3.05, 3.63) is 0 Å². The number of hydrogen-bond donors (Lipinski definition) is 1. The molecule has 1 heterocycles. The van der Waals surface area contributed by atoms with Crippen LogP contribution < -0.4 is 5.73 Å². The molecular formula is C9H13NO2. The Labute approximate surface area is 72.3 Å². The monoisotopic (exact) mass is 167 g/mol. The molecule has 1 rings (SSSR count). The van der Waals surface area contributed by atoms with Gasteiger partial charge in [0, 0.05) is 18.9 Å². The highest BCUT2D eigenvalue weighted by atomic mass is 16.5. The molecule has 0 saturated carbocycles. The summed E-state index contributed by atoms with van der Waals surface area (Å²) in [7, 11) is 0. The smallest absolute Gasteiger partial charge is 0.140 e. The fourth-order valence-electron chi connectivity index (χ4n) is 1.28. The van der Waals surface area contributed by atoms with Gasteiger partial charge in [0.05, 0.1) is 19.1 Å². The Morgan fingerprint density at radius 2 is 2.42 bits per heavy atom. The second kappa shape index (κ2) is 4.24. The molecule has 3 heteroatoms. The minimum absolute atomic E-state index is 0.127.